The molecule has 0 fully saturated rings. The van der Waals surface area contributed by atoms with Crippen LogP contribution < -0.4 is 11.1 Å². The third kappa shape index (κ3) is 3.61. The second-order valence-electron chi connectivity index (χ2n) is 4.45. The van der Waals surface area contributed by atoms with Crippen LogP contribution in [0.5, 0.6) is 0 Å². The highest BCUT2D eigenvalue weighted by atomic mass is 19.2. The maximum absolute atomic E-state index is 13.5. The van der Waals surface area contributed by atoms with Crippen molar-refractivity contribution in [3.63, 3.8) is 0 Å². The first-order valence-corrected chi connectivity index (χ1v) is 6.22. The maximum atomic E-state index is 13.5. The summed E-state index contributed by atoms with van der Waals surface area (Å²) in [6, 6.07) is 7.58. The first-order chi connectivity index (χ1) is 10.0. The van der Waals surface area contributed by atoms with Crippen LogP contribution in [0.1, 0.15) is 11.1 Å². The van der Waals surface area contributed by atoms with E-state index in [4.69, 9.17) is 5.73 Å². The zero-order valence-corrected chi connectivity index (χ0v) is 11.0. The van der Waals surface area contributed by atoms with Gasteiger partial charge in [-0.25, -0.2) is 13.2 Å². The molecule has 2 rings (SSSR count). The molecule has 0 unspecified atom stereocenters. The fourth-order valence-electron chi connectivity index (χ4n) is 1.87. The number of rotatable bonds is 4. The van der Waals surface area contributed by atoms with Crippen LogP contribution >= 0.6 is 0 Å². The molecule has 0 bridgehead atoms. The van der Waals surface area contributed by atoms with Crippen LogP contribution in [0, 0.1) is 17.5 Å². The van der Waals surface area contributed by atoms with E-state index in [0.29, 0.717) is 5.69 Å². The van der Waals surface area contributed by atoms with E-state index >= 15 is 0 Å². The number of anilines is 1. The van der Waals surface area contributed by atoms with Gasteiger partial charge in [0.15, 0.2) is 11.6 Å². The molecule has 110 valence electrons. The Balaban J connectivity index is 2.10. The molecule has 6 heteroatoms. The molecule has 3 N–H and O–H groups in total. The molecule has 21 heavy (non-hydrogen) atoms. The lowest BCUT2D eigenvalue weighted by atomic mass is 10.1. The molecule has 0 heterocycles. The fraction of sp³-hybridized carbons (Fsp3) is 0.133. The van der Waals surface area contributed by atoms with Gasteiger partial charge in [0.05, 0.1) is 6.42 Å². The minimum absolute atomic E-state index is 0.00588. The number of hydrogen-bond acceptors (Lipinski definition) is 2. The molecule has 0 atom stereocenters. The van der Waals surface area contributed by atoms with E-state index in [1.54, 1.807) is 0 Å². The van der Waals surface area contributed by atoms with E-state index in [2.05, 4.69) is 5.32 Å². The van der Waals surface area contributed by atoms with Gasteiger partial charge in [0, 0.05) is 23.4 Å². The predicted molar refractivity (Wildman–Crippen MR) is 73.0 cm³/mol. The summed E-state index contributed by atoms with van der Waals surface area (Å²) in [5.74, 6) is -3.05. The molecular formula is C15H13F3N2O. The average molecular weight is 294 g/mol. The summed E-state index contributed by atoms with van der Waals surface area (Å²) in [7, 11) is 0. The van der Waals surface area contributed by atoms with E-state index in [-0.39, 0.29) is 24.1 Å². The number of carbonyl (C=O) groups is 1. The molecular weight excluding hydrogens is 281 g/mol. The SMILES string of the molecule is NCc1cc(NC(=O)Cc2cccc(F)c2F)ccc1F. The Labute approximate surface area is 119 Å². The fourth-order valence-corrected chi connectivity index (χ4v) is 1.87. The van der Waals surface area contributed by atoms with Crippen molar-refractivity contribution in [2.75, 3.05) is 5.32 Å². The van der Waals surface area contributed by atoms with Gasteiger partial charge in [0.2, 0.25) is 5.91 Å². The van der Waals surface area contributed by atoms with Crippen LogP contribution in [-0.4, -0.2) is 5.91 Å². The summed E-state index contributed by atoms with van der Waals surface area (Å²) in [6.45, 7) is -0.00588. The lowest BCUT2D eigenvalue weighted by Gasteiger charge is -2.08. The molecule has 0 spiro atoms. The van der Waals surface area contributed by atoms with Crippen LogP contribution in [0.3, 0.4) is 0 Å². The van der Waals surface area contributed by atoms with Crippen LogP contribution in [0.25, 0.3) is 0 Å². The lowest BCUT2D eigenvalue weighted by molar-refractivity contribution is -0.115. The van der Waals surface area contributed by atoms with Gasteiger partial charge < -0.3 is 11.1 Å². The van der Waals surface area contributed by atoms with Crippen molar-refractivity contribution in [1.29, 1.82) is 0 Å². The molecule has 0 aromatic heterocycles. The Hall–Kier alpha value is -2.34. The van der Waals surface area contributed by atoms with Crippen molar-refractivity contribution in [3.05, 3.63) is 65.0 Å². The van der Waals surface area contributed by atoms with Gasteiger partial charge >= 0.3 is 0 Å². The van der Waals surface area contributed by atoms with Gasteiger partial charge in [0.25, 0.3) is 0 Å². The number of nitrogens with two attached hydrogens (primary N) is 1. The molecule has 0 aliphatic rings. The number of carbonyl (C=O) groups excluding carboxylic acids is 1. The molecule has 0 radical (unpaired) electrons. The number of amides is 1. The smallest absolute Gasteiger partial charge is 0.228 e. The molecule has 0 aliphatic heterocycles. The van der Waals surface area contributed by atoms with Gasteiger partial charge in [-0.3, -0.25) is 4.79 Å². The number of benzene rings is 2. The quantitative estimate of drug-likeness (QED) is 0.911. The molecule has 2 aromatic rings. The number of hydrogen-bond donors (Lipinski definition) is 2. The molecule has 0 saturated heterocycles. The Kier molecular flexibility index (Phi) is 4.59. The van der Waals surface area contributed by atoms with E-state index in [9.17, 15) is 18.0 Å². The van der Waals surface area contributed by atoms with Gasteiger partial charge in [-0.1, -0.05) is 12.1 Å². The zero-order chi connectivity index (χ0) is 15.4. The van der Waals surface area contributed by atoms with Crippen molar-refractivity contribution < 1.29 is 18.0 Å². The third-order valence-corrected chi connectivity index (χ3v) is 2.93. The van der Waals surface area contributed by atoms with Crippen molar-refractivity contribution in [2.24, 2.45) is 5.73 Å². The van der Waals surface area contributed by atoms with Gasteiger partial charge in [-0.2, -0.15) is 0 Å². The minimum Gasteiger partial charge on any atom is -0.326 e. The van der Waals surface area contributed by atoms with Crippen LogP contribution in [0.15, 0.2) is 36.4 Å². The first kappa shape index (κ1) is 15.1. The average Bonchev–Trinajstić information content (AvgIpc) is 2.46. The van der Waals surface area contributed by atoms with Crippen molar-refractivity contribution in [1.82, 2.24) is 0 Å². The third-order valence-electron chi connectivity index (χ3n) is 2.93. The maximum Gasteiger partial charge on any atom is 0.228 e. The summed E-state index contributed by atoms with van der Waals surface area (Å²) in [5, 5.41) is 2.49. The molecule has 2 aromatic carbocycles. The van der Waals surface area contributed by atoms with Gasteiger partial charge in [-0.05, 0) is 24.3 Å². The molecule has 0 aliphatic carbocycles. The normalized spacial score (nSPS) is 10.5. The van der Waals surface area contributed by atoms with Gasteiger partial charge in [-0.15, -0.1) is 0 Å². The van der Waals surface area contributed by atoms with Crippen LogP contribution in [0.4, 0.5) is 18.9 Å². The van der Waals surface area contributed by atoms with Crippen molar-refractivity contribution in [3.8, 4) is 0 Å². The Morgan fingerprint density at radius 1 is 1.05 bits per heavy atom. The second kappa shape index (κ2) is 6.41. The molecule has 1 amide bonds. The number of halogens is 3. The molecule has 3 nitrogen and oxygen atoms in total. The van der Waals surface area contributed by atoms with E-state index in [1.165, 1.54) is 30.3 Å². The summed E-state index contributed by atoms with van der Waals surface area (Å²) in [5.41, 5.74) is 5.92. The Bertz CT molecular complexity index is 674. The number of nitrogens with one attached hydrogen (secondary N) is 1. The van der Waals surface area contributed by atoms with Crippen LogP contribution in [-0.2, 0) is 17.8 Å². The standard InChI is InChI=1S/C15H13F3N2O/c16-12-5-4-11(6-10(12)8-19)20-14(21)7-9-2-1-3-13(17)15(9)18/h1-6H,7-8,19H2,(H,20,21). The zero-order valence-electron chi connectivity index (χ0n) is 11.0. The van der Waals surface area contributed by atoms with Crippen molar-refractivity contribution in [2.45, 2.75) is 13.0 Å². The highest BCUT2D eigenvalue weighted by Crippen LogP contribution is 2.16. The predicted octanol–water partition coefficient (Wildman–Crippen LogP) is 2.74. The van der Waals surface area contributed by atoms with Crippen molar-refractivity contribution >= 4 is 11.6 Å². The lowest BCUT2D eigenvalue weighted by Crippen LogP contribution is -2.16. The minimum atomic E-state index is -1.05. The van der Waals surface area contributed by atoms with E-state index in [1.807, 2.05) is 0 Å². The monoisotopic (exact) mass is 294 g/mol. The van der Waals surface area contributed by atoms with E-state index < -0.39 is 23.4 Å². The van der Waals surface area contributed by atoms with Crippen LogP contribution in [0.2, 0.25) is 0 Å². The highest BCUT2D eigenvalue weighted by Gasteiger charge is 2.12. The summed E-state index contributed by atoms with van der Waals surface area (Å²) in [4.78, 5) is 11.8. The Morgan fingerprint density at radius 3 is 2.52 bits per heavy atom. The Morgan fingerprint density at radius 2 is 1.81 bits per heavy atom. The van der Waals surface area contributed by atoms with Gasteiger partial charge in [0.1, 0.15) is 5.82 Å². The summed E-state index contributed by atoms with van der Waals surface area (Å²) < 4.78 is 39.8. The van der Waals surface area contributed by atoms with E-state index in [0.717, 1.165) is 6.07 Å². The first-order valence-electron chi connectivity index (χ1n) is 6.22. The second-order valence-corrected chi connectivity index (χ2v) is 4.45. The molecule has 0 saturated carbocycles. The highest BCUT2D eigenvalue weighted by molar-refractivity contribution is 5.92. The largest absolute Gasteiger partial charge is 0.326 e. The summed E-state index contributed by atoms with van der Waals surface area (Å²) in [6.07, 6.45) is -0.321. The topological polar surface area (TPSA) is 55.1 Å². The summed E-state index contributed by atoms with van der Waals surface area (Å²) >= 11 is 0.